The molecule has 3 N–H and O–H groups in total. The molecule has 0 amide bonds. The summed E-state index contributed by atoms with van der Waals surface area (Å²) in [5.41, 5.74) is 5.37. The van der Waals surface area contributed by atoms with E-state index in [1.165, 1.54) is 24.5 Å². The second-order valence-corrected chi connectivity index (χ2v) is 4.80. The summed E-state index contributed by atoms with van der Waals surface area (Å²) in [7, 11) is 0. The molecular formula is C15H18F3N5. The van der Waals surface area contributed by atoms with Crippen LogP contribution in [0.4, 0.5) is 36.2 Å². The maximum atomic E-state index is 13.1. The first-order valence-electron chi connectivity index (χ1n) is 7.17. The number of nitrogens with two attached hydrogens (primary N) is 1. The molecule has 0 radical (unpaired) electrons. The maximum Gasteiger partial charge on any atom is 0.418 e. The smallest absolute Gasteiger partial charge is 0.393 e. The summed E-state index contributed by atoms with van der Waals surface area (Å²) in [4.78, 5) is 9.99. The quantitative estimate of drug-likeness (QED) is 0.878. The van der Waals surface area contributed by atoms with Crippen molar-refractivity contribution >= 4 is 23.0 Å². The van der Waals surface area contributed by atoms with Gasteiger partial charge in [-0.25, -0.2) is 9.97 Å². The summed E-state index contributed by atoms with van der Waals surface area (Å²) >= 11 is 0. The molecule has 5 nitrogen and oxygen atoms in total. The van der Waals surface area contributed by atoms with E-state index in [0.717, 1.165) is 6.07 Å². The zero-order valence-electron chi connectivity index (χ0n) is 12.9. The number of nitrogens with zero attached hydrogens (tertiary/aromatic N) is 3. The summed E-state index contributed by atoms with van der Waals surface area (Å²) in [5.74, 6) is 0.649. The second-order valence-electron chi connectivity index (χ2n) is 4.80. The fourth-order valence-electron chi connectivity index (χ4n) is 2.23. The van der Waals surface area contributed by atoms with Crippen LogP contribution in [-0.4, -0.2) is 23.1 Å². The minimum atomic E-state index is -4.47. The fraction of sp³-hybridized carbons (Fsp3) is 0.333. The van der Waals surface area contributed by atoms with Gasteiger partial charge in [-0.15, -0.1) is 0 Å². The van der Waals surface area contributed by atoms with Gasteiger partial charge in [0.25, 0.3) is 0 Å². The van der Waals surface area contributed by atoms with Crippen LogP contribution >= 0.6 is 0 Å². The van der Waals surface area contributed by atoms with E-state index in [1.807, 2.05) is 18.7 Å². The molecule has 1 heterocycles. The highest BCUT2D eigenvalue weighted by Gasteiger charge is 2.33. The van der Waals surface area contributed by atoms with Gasteiger partial charge in [0.1, 0.15) is 12.0 Å². The lowest BCUT2D eigenvalue weighted by atomic mass is 10.1. The van der Waals surface area contributed by atoms with Gasteiger partial charge in [0.2, 0.25) is 0 Å². The summed E-state index contributed by atoms with van der Waals surface area (Å²) in [6.07, 6.45) is -3.18. The molecule has 2 aromatic rings. The molecule has 124 valence electrons. The van der Waals surface area contributed by atoms with Gasteiger partial charge in [0.15, 0.2) is 11.6 Å². The number of rotatable bonds is 5. The topological polar surface area (TPSA) is 67.1 Å². The Balaban J connectivity index is 2.41. The van der Waals surface area contributed by atoms with E-state index < -0.39 is 11.7 Å². The Kier molecular flexibility index (Phi) is 4.92. The normalized spacial score (nSPS) is 11.3. The van der Waals surface area contributed by atoms with Crippen molar-refractivity contribution in [2.45, 2.75) is 20.0 Å². The van der Waals surface area contributed by atoms with Gasteiger partial charge in [-0.1, -0.05) is 12.1 Å². The highest BCUT2D eigenvalue weighted by molar-refractivity contribution is 5.79. The maximum absolute atomic E-state index is 13.1. The van der Waals surface area contributed by atoms with Crippen LogP contribution in [0.2, 0.25) is 0 Å². The zero-order valence-corrected chi connectivity index (χ0v) is 12.9. The van der Waals surface area contributed by atoms with Crippen molar-refractivity contribution in [3.8, 4) is 0 Å². The highest BCUT2D eigenvalue weighted by atomic mass is 19.4. The number of alkyl halides is 3. The SMILES string of the molecule is CCN(CC)c1ncnc(Nc2ccccc2C(F)(F)F)c1N. The lowest BCUT2D eigenvalue weighted by molar-refractivity contribution is -0.136. The molecule has 0 saturated carbocycles. The van der Waals surface area contributed by atoms with Gasteiger partial charge in [0.05, 0.1) is 11.3 Å². The number of anilines is 4. The number of hydrogen-bond acceptors (Lipinski definition) is 5. The molecule has 1 aromatic carbocycles. The third kappa shape index (κ3) is 3.64. The monoisotopic (exact) mass is 325 g/mol. The lowest BCUT2D eigenvalue weighted by Crippen LogP contribution is -2.24. The van der Waals surface area contributed by atoms with Crippen molar-refractivity contribution in [3.05, 3.63) is 36.2 Å². The van der Waals surface area contributed by atoms with Crippen LogP contribution in [0.1, 0.15) is 19.4 Å². The average Bonchev–Trinajstić information content (AvgIpc) is 2.51. The van der Waals surface area contributed by atoms with Crippen molar-refractivity contribution in [2.75, 3.05) is 29.0 Å². The van der Waals surface area contributed by atoms with Crippen molar-refractivity contribution in [1.29, 1.82) is 0 Å². The zero-order chi connectivity index (χ0) is 17.0. The van der Waals surface area contributed by atoms with E-state index in [4.69, 9.17) is 5.73 Å². The van der Waals surface area contributed by atoms with Crippen LogP contribution in [-0.2, 0) is 6.18 Å². The number of nitrogen functional groups attached to an aromatic ring is 1. The van der Waals surface area contributed by atoms with Gasteiger partial charge in [-0.2, -0.15) is 13.2 Å². The third-order valence-corrected chi connectivity index (χ3v) is 3.41. The summed E-state index contributed by atoms with van der Waals surface area (Å²) in [5, 5.41) is 2.67. The molecule has 0 aliphatic carbocycles. The molecule has 8 heteroatoms. The number of nitrogens with one attached hydrogen (secondary N) is 1. The Bertz CT molecular complexity index is 668. The number of hydrogen-bond donors (Lipinski definition) is 2. The van der Waals surface area contributed by atoms with Gasteiger partial charge in [-0.05, 0) is 26.0 Å². The van der Waals surface area contributed by atoms with Gasteiger partial charge in [0, 0.05) is 13.1 Å². The van der Waals surface area contributed by atoms with Gasteiger partial charge in [-0.3, -0.25) is 0 Å². The van der Waals surface area contributed by atoms with Crippen LogP contribution in [0.25, 0.3) is 0 Å². The Labute approximate surface area is 132 Å². The first kappa shape index (κ1) is 16.9. The standard InChI is InChI=1S/C15H18F3N5/c1-3-23(4-2)14-12(19)13(20-9-21-14)22-11-8-6-5-7-10(11)15(16,17)18/h5-9H,3-4,19H2,1-2H3,(H,20,21,22). The predicted molar refractivity (Wildman–Crippen MR) is 84.7 cm³/mol. The molecule has 1 aromatic heterocycles. The molecule has 0 bridgehead atoms. The minimum absolute atomic E-state index is 0.101. The van der Waals surface area contributed by atoms with Crippen LogP contribution < -0.4 is 16.0 Å². The molecule has 0 spiro atoms. The Hall–Kier alpha value is -2.51. The number of halogens is 3. The number of aromatic nitrogens is 2. The Morgan fingerprint density at radius 2 is 1.78 bits per heavy atom. The van der Waals surface area contributed by atoms with Gasteiger partial charge >= 0.3 is 6.18 Å². The van der Waals surface area contributed by atoms with Crippen molar-refractivity contribution in [1.82, 2.24) is 9.97 Å². The molecule has 0 atom stereocenters. The highest BCUT2D eigenvalue weighted by Crippen LogP contribution is 2.37. The predicted octanol–water partition coefficient (Wildman–Crippen LogP) is 3.67. The van der Waals surface area contributed by atoms with Crippen molar-refractivity contribution in [3.63, 3.8) is 0 Å². The molecule has 0 saturated heterocycles. The van der Waals surface area contributed by atoms with Crippen molar-refractivity contribution < 1.29 is 13.2 Å². The van der Waals surface area contributed by atoms with Crippen LogP contribution in [0.5, 0.6) is 0 Å². The van der Waals surface area contributed by atoms with Crippen LogP contribution in [0.3, 0.4) is 0 Å². The molecule has 2 rings (SSSR count). The summed E-state index contributed by atoms with van der Waals surface area (Å²) in [6.45, 7) is 5.24. The largest absolute Gasteiger partial charge is 0.418 e. The van der Waals surface area contributed by atoms with Crippen LogP contribution in [0, 0.1) is 0 Å². The molecule has 0 aliphatic rings. The minimum Gasteiger partial charge on any atom is -0.393 e. The van der Waals surface area contributed by atoms with E-state index in [9.17, 15) is 13.2 Å². The fourth-order valence-corrected chi connectivity index (χ4v) is 2.23. The average molecular weight is 325 g/mol. The second kappa shape index (κ2) is 6.72. The van der Waals surface area contributed by atoms with Gasteiger partial charge < -0.3 is 16.0 Å². The van der Waals surface area contributed by atoms with E-state index in [1.54, 1.807) is 0 Å². The van der Waals surface area contributed by atoms with Crippen LogP contribution in [0.15, 0.2) is 30.6 Å². The van der Waals surface area contributed by atoms with E-state index in [0.29, 0.717) is 18.9 Å². The first-order chi connectivity index (χ1) is 10.9. The third-order valence-electron chi connectivity index (χ3n) is 3.41. The first-order valence-corrected chi connectivity index (χ1v) is 7.17. The molecule has 0 unspecified atom stereocenters. The van der Waals surface area contributed by atoms with E-state index in [2.05, 4.69) is 15.3 Å². The molecule has 0 aliphatic heterocycles. The Morgan fingerprint density at radius 3 is 2.39 bits per heavy atom. The molecule has 23 heavy (non-hydrogen) atoms. The lowest BCUT2D eigenvalue weighted by Gasteiger charge is -2.22. The van der Waals surface area contributed by atoms with Crippen molar-refractivity contribution in [2.24, 2.45) is 0 Å². The number of benzene rings is 1. The number of para-hydroxylation sites is 1. The Morgan fingerprint density at radius 1 is 1.13 bits per heavy atom. The molecule has 0 fully saturated rings. The molecular weight excluding hydrogens is 307 g/mol. The van der Waals surface area contributed by atoms with E-state index >= 15 is 0 Å². The summed E-state index contributed by atoms with van der Waals surface area (Å²) in [6, 6.07) is 5.19. The summed E-state index contributed by atoms with van der Waals surface area (Å²) < 4.78 is 39.2. The van der Waals surface area contributed by atoms with E-state index in [-0.39, 0.29) is 17.2 Å².